The Labute approximate surface area is 183 Å². The Balaban J connectivity index is 1.71. The van der Waals surface area contributed by atoms with Gasteiger partial charge in [-0.15, -0.1) is 0 Å². The number of hydrogen-bond donors (Lipinski definition) is 1. The van der Waals surface area contributed by atoms with Gasteiger partial charge in [-0.2, -0.15) is 13.2 Å². The van der Waals surface area contributed by atoms with Crippen LogP contribution in [-0.2, 0) is 6.18 Å². The molecule has 0 spiro atoms. The van der Waals surface area contributed by atoms with Crippen molar-refractivity contribution >= 4 is 28.4 Å². The van der Waals surface area contributed by atoms with Crippen LogP contribution >= 0.6 is 0 Å². The fraction of sp³-hybridized carbons (Fsp3) is 0.0870. The van der Waals surface area contributed by atoms with E-state index in [0.717, 1.165) is 16.7 Å². The molecule has 1 heterocycles. The van der Waals surface area contributed by atoms with E-state index >= 15 is 0 Å². The Morgan fingerprint density at radius 1 is 0.970 bits per heavy atom. The van der Waals surface area contributed by atoms with E-state index in [1.54, 1.807) is 0 Å². The number of nitrogens with zero attached hydrogens (tertiary/aromatic N) is 2. The highest BCUT2D eigenvalue weighted by Gasteiger charge is 2.38. The van der Waals surface area contributed by atoms with Gasteiger partial charge in [0.25, 0.3) is 5.91 Å². The number of Topliss-reactive ketones (excluding diaryl/α,β-unsaturated/α-hetero) is 1. The van der Waals surface area contributed by atoms with Gasteiger partial charge in [-0.05, 0) is 61.5 Å². The van der Waals surface area contributed by atoms with Crippen LogP contribution in [-0.4, -0.2) is 21.2 Å². The van der Waals surface area contributed by atoms with E-state index in [2.05, 4.69) is 10.3 Å². The molecule has 4 aromatic rings. The van der Waals surface area contributed by atoms with Crippen molar-refractivity contribution in [1.29, 1.82) is 0 Å². The molecule has 33 heavy (non-hydrogen) atoms. The van der Waals surface area contributed by atoms with Crippen LogP contribution in [0.5, 0.6) is 0 Å². The Bertz CT molecular complexity index is 1390. The monoisotopic (exact) mass is 459 g/mol. The van der Waals surface area contributed by atoms with E-state index in [9.17, 15) is 31.5 Å². The number of benzene rings is 3. The Hall–Kier alpha value is -4.08. The summed E-state index contributed by atoms with van der Waals surface area (Å²) in [6.45, 7) is 1.30. The van der Waals surface area contributed by atoms with Crippen LogP contribution in [0.25, 0.3) is 16.7 Å². The summed E-state index contributed by atoms with van der Waals surface area (Å²) in [5.74, 6) is -4.90. The van der Waals surface area contributed by atoms with E-state index in [1.165, 1.54) is 55.5 Å². The molecule has 1 N–H and O–H groups in total. The number of carbonyl (C=O) groups is 2. The van der Waals surface area contributed by atoms with Crippen molar-refractivity contribution in [3.05, 3.63) is 89.2 Å². The number of ketones is 1. The molecule has 0 fully saturated rings. The normalized spacial score (nSPS) is 11.6. The molecule has 5 nitrogen and oxygen atoms in total. The number of carbonyl (C=O) groups excluding carboxylic acids is 2. The summed E-state index contributed by atoms with van der Waals surface area (Å²) in [6.07, 6.45) is -4.78. The van der Waals surface area contributed by atoms with E-state index in [4.69, 9.17) is 0 Å². The molecule has 0 unspecified atom stereocenters. The van der Waals surface area contributed by atoms with Gasteiger partial charge in [0.1, 0.15) is 0 Å². The van der Waals surface area contributed by atoms with Crippen LogP contribution in [0.3, 0.4) is 0 Å². The van der Waals surface area contributed by atoms with E-state index in [-0.39, 0.29) is 33.8 Å². The van der Waals surface area contributed by atoms with Crippen molar-refractivity contribution in [3.8, 4) is 5.69 Å². The number of nitrogens with one attached hydrogen (secondary N) is 1. The Morgan fingerprint density at radius 2 is 1.67 bits per heavy atom. The second-order valence-corrected chi connectivity index (χ2v) is 7.13. The van der Waals surface area contributed by atoms with Gasteiger partial charge in [0.05, 0.1) is 16.6 Å². The maximum atomic E-state index is 13.8. The molecular formula is C23H14F5N3O2. The summed E-state index contributed by atoms with van der Waals surface area (Å²) in [4.78, 5) is 27.5. The lowest BCUT2D eigenvalue weighted by Crippen LogP contribution is -2.15. The molecule has 10 heteroatoms. The predicted octanol–water partition coefficient (Wildman–Crippen LogP) is 5.78. The molecule has 0 radical (unpaired) electrons. The third kappa shape index (κ3) is 4.19. The second-order valence-electron chi connectivity index (χ2n) is 7.13. The largest absolute Gasteiger partial charge is 0.450 e. The summed E-state index contributed by atoms with van der Waals surface area (Å²) < 4.78 is 69.0. The molecule has 0 bridgehead atoms. The Kier molecular flexibility index (Phi) is 5.44. The molecular weight excluding hydrogens is 445 g/mol. The van der Waals surface area contributed by atoms with Crippen LogP contribution in [0.1, 0.15) is 33.5 Å². The van der Waals surface area contributed by atoms with Gasteiger partial charge >= 0.3 is 6.18 Å². The number of alkyl halides is 3. The van der Waals surface area contributed by atoms with E-state index < -0.39 is 35.1 Å². The predicted molar refractivity (Wildman–Crippen MR) is 110 cm³/mol. The van der Waals surface area contributed by atoms with E-state index in [0.29, 0.717) is 0 Å². The molecule has 0 saturated heterocycles. The lowest BCUT2D eigenvalue weighted by Gasteiger charge is -2.13. The van der Waals surface area contributed by atoms with Crippen molar-refractivity contribution in [2.24, 2.45) is 0 Å². The first-order valence-corrected chi connectivity index (χ1v) is 9.52. The maximum Gasteiger partial charge on any atom is 0.450 e. The minimum Gasteiger partial charge on any atom is -0.322 e. The van der Waals surface area contributed by atoms with Gasteiger partial charge in [0.2, 0.25) is 5.82 Å². The van der Waals surface area contributed by atoms with Crippen molar-refractivity contribution < 1.29 is 31.5 Å². The smallest absolute Gasteiger partial charge is 0.322 e. The lowest BCUT2D eigenvalue weighted by molar-refractivity contribution is -0.145. The molecule has 0 aliphatic heterocycles. The third-order valence-electron chi connectivity index (χ3n) is 4.89. The molecule has 4 rings (SSSR count). The molecule has 1 amide bonds. The number of aromatic nitrogens is 2. The van der Waals surface area contributed by atoms with Crippen LogP contribution in [0, 0.1) is 11.6 Å². The fourth-order valence-electron chi connectivity index (χ4n) is 3.32. The number of amides is 1. The average Bonchev–Trinajstić information content (AvgIpc) is 3.15. The minimum absolute atomic E-state index is 0.00557. The number of imidazole rings is 1. The first-order valence-electron chi connectivity index (χ1n) is 9.52. The summed E-state index contributed by atoms with van der Waals surface area (Å²) in [7, 11) is 0. The topological polar surface area (TPSA) is 64.0 Å². The molecule has 0 aliphatic carbocycles. The van der Waals surface area contributed by atoms with Gasteiger partial charge in [-0.3, -0.25) is 14.2 Å². The summed E-state index contributed by atoms with van der Waals surface area (Å²) >= 11 is 0. The highest BCUT2D eigenvalue weighted by molar-refractivity contribution is 6.04. The maximum absolute atomic E-state index is 13.8. The first-order chi connectivity index (χ1) is 15.6. The zero-order chi connectivity index (χ0) is 23.9. The van der Waals surface area contributed by atoms with Gasteiger partial charge < -0.3 is 5.32 Å². The number of hydrogen-bond acceptors (Lipinski definition) is 3. The number of anilines is 1. The zero-order valence-electron chi connectivity index (χ0n) is 16.9. The molecule has 1 aromatic heterocycles. The zero-order valence-corrected chi connectivity index (χ0v) is 16.9. The van der Waals surface area contributed by atoms with Crippen LogP contribution in [0.15, 0.2) is 60.7 Å². The number of rotatable bonds is 4. The summed E-state index contributed by atoms with van der Waals surface area (Å²) in [5, 5.41) is 2.37. The molecule has 3 aromatic carbocycles. The highest BCUT2D eigenvalue weighted by Crippen LogP contribution is 2.34. The lowest BCUT2D eigenvalue weighted by atomic mass is 10.1. The third-order valence-corrected chi connectivity index (χ3v) is 4.89. The quantitative estimate of drug-likeness (QED) is 0.311. The van der Waals surface area contributed by atoms with Gasteiger partial charge in [0, 0.05) is 16.9 Å². The summed E-state index contributed by atoms with van der Waals surface area (Å²) in [6, 6.07) is 12.5. The molecule has 0 aliphatic rings. The van der Waals surface area contributed by atoms with Crippen molar-refractivity contribution in [2.75, 3.05) is 5.32 Å². The second kappa shape index (κ2) is 8.12. The molecule has 0 saturated carbocycles. The first kappa shape index (κ1) is 22.1. The van der Waals surface area contributed by atoms with Gasteiger partial charge in [-0.25, -0.2) is 13.8 Å². The SMILES string of the molecule is CC(=O)c1ccc2c(c1)nc(C(F)(F)F)n2-c1ccc(NC(=O)c2cccc(F)c2F)cc1. The number of fused-ring (bicyclic) bond motifs is 1. The molecule has 0 atom stereocenters. The van der Waals surface area contributed by atoms with Crippen molar-refractivity contribution in [2.45, 2.75) is 13.1 Å². The van der Waals surface area contributed by atoms with Crippen LogP contribution < -0.4 is 5.32 Å². The Morgan fingerprint density at radius 3 is 2.30 bits per heavy atom. The summed E-state index contributed by atoms with van der Waals surface area (Å²) in [5.41, 5.74) is 0.0864. The number of halogens is 5. The van der Waals surface area contributed by atoms with Gasteiger partial charge in [-0.1, -0.05) is 6.07 Å². The van der Waals surface area contributed by atoms with Gasteiger partial charge in [0.15, 0.2) is 17.4 Å². The molecule has 168 valence electrons. The van der Waals surface area contributed by atoms with Crippen molar-refractivity contribution in [3.63, 3.8) is 0 Å². The minimum atomic E-state index is -4.78. The standard InChI is InChI=1S/C23H14F5N3O2/c1-12(32)13-5-10-19-18(11-13)30-22(23(26,27)28)31(19)15-8-6-14(7-9-15)29-21(33)16-3-2-4-17(24)20(16)25/h2-11H,1H3,(H,29,33). The van der Waals surface area contributed by atoms with Crippen LogP contribution in [0.4, 0.5) is 27.6 Å². The highest BCUT2D eigenvalue weighted by atomic mass is 19.4. The fourth-order valence-corrected chi connectivity index (χ4v) is 3.32. The average molecular weight is 459 g/mol. The van der Waals surface area contributed by atoms with Crippen LogP contribution in [0.2, 0.25) is 0 Å². The van der Waals surface area contributed by atoms with Crippen molar-refractivity contribution in [1.82, 2.24) is 9.55 Å². The van der Waals surface area contributed by atoms with E-state index in [1.807, 2.05) is 0 Å².